The van der Waals surface area contributed by atoms with Gasteiger partial charge in [0.1, 0.15) is 17.6 Å². The molecule has 1 aromatic heterocycles. The number of Topliss-reactive ketones (excluding diaryl/α,β-unsaturated/α-hetero) is 1. The molecule has 0 spiro atoms. The zero-order valence-corrected chi connectivity index (χ0v) is 16.4. The molecule has 7 heteroatoms. The number of amides is 1. The van der Waals surface area contributed by atoms with Crippen LogP contribution in [0.15, 0.2) is 72.4 Å². The maximum absolute atomic E-state index is 13.7. The molecule has 1 N–H and O–H groups in total. The van der Waals surface area contributed by atoms with Crippen molar-refractivity contribution in [3.63, 3.8) is 0 Å². The summed E-state index contributed by atoms with van der Waals surface area (Å²) in [6, 6.07) is 16.2. The minimum absolute atomic E-state index is 0.140. The molecule has 0 saturated carbocycles. The van der Waals surface area contributed by atoms with Crippen molar-refractivity contribution in [2.75, 3.05) is 4.90 Å². The van der Waals surface area contributed by atoms with Crippen LogP contribution in [0.5, 0.6) is 0 Å². The van der Waals surface area contributed by atoms with E-state index in [0.717, 1.165) is 0 Å². The number of anilines is 1. The lowest BCUT2D eigenvalue weighted by atomic mass is 9.97. The fourth-order valence-corrected chi connectivity index (χ4v) is 3.56. The molecule has 1 fully saturated rings. The number of pyridine rings is 1. The van der Waals surface area contributed by atoms with Crippen LogP contribution in [0.25, 0.3) is 5.76 Å². The summed E-state index contributed by atoms with van der Waals surface area (Å²) in [6.45, 7) is 1.54. The van der Waals surface area contributed by atoms with Crippen LogP contribution in [0.1, 0.15) is 28.4 Å². The van der Waals surface area contributed by atoms with Gasteiger partial charge in [-0.1, -0.05) is 6.07 Å². The number of rotatable bonds is 3. The molecular formula is C24H16FN3O3. The third kappa shape index (κ3) is 3.45. The molecule has 0 radical (unpaired) electrons. The van der Waals surface area contributed by atoms with Crippen LogP contribution in [0.3, 0.4) is 0 Å². The third-order valence-electron chi connectivity index (χ3n) is 5.12. The Balaban J connectivity index is 1.93. The van der Waals surface area contributed by atoms with Crippen molar-refractivity contribution in [2.45, 2.75) is 13.0 Å². The maximum Gasteiger partial charge on any atom is 0.300 e. The number of carbonyl (C=O) groups is 2. The zero-order chi connectivity index (χ0) is 22.1. The average molecular weight is 413 g/mol. The van der Waals surface area contributed by atoms with Crippen molar-refractivity contribution < 1.29 is 19.1 Å². The number of carbonyl (C=O) groups excluding carboxylic acids is 2. The summed E-state index contributed by atoms with van der Waals surface area (Å²) in [4.78, 5) is 31.5. The highest BCUT2D eigenvalue weighted by Gasteiger charge is 2.47. The average Bonchev–Trinajstić information content (AvgIpc) is 3.06. The van der Waals surface area contributed by atoms with E-state index in [9.17, 15) is 19.1 Å². The monoisotopic (exact) mass is 413 g/mol. The van der Waals surface area contributed by atoms with Crippen LogP contribution in [0.4, 0.5) is 10.1 Å². The molecule has 1 aliphatic heterocycles. The topological polar surface area (TPSA) is 94.3 Å². The van der Waals surface area contributed by atoms with Crippen LogP contribution >= 0.6 is 0 Å². The predicted molar refractivity (Wildman–Crippen MR) is 111 cm³/mol. The number of aliphatic hydroxyl groups excluding tert-OH is 1. The molecule has 2 heterocycles. The number of nitrogens with zero attached hydrogens (tertiary/aromatic N) is 3. The van der Waals surface area contributed by atoms with E-state index >= 15 is 0 Å². The first-order valence-electron chi connectivity index (χ1n) is 9.41. The van der Waals surface area contributed by atoms with Gasteiger partial charge in [-0.05, 0) is 67.1 Å². The Morgan fingerprint density at radius 3 is 2.48 bits per heavy atom. The van der Waals surface area contributed by atoms with Crippen molar-refractivity contribution in [2.24, 2.45) is 0 Å². The number of nitriles is 1. The number of halogens is 1. The van der Waals surface area contributed by atoms with E-state index in [2.05, 4.69) is 4.98 Å². The molecule has 1 unspecified atom stereocenters. The van der Waals surface area contributed by atoms with Gasteiger partial charge < -0.3 is 5.11 Å². The van der Waals surface area contributed by atoms with E-state index in [4.69, 9.17) is 5.26 Å². The summed E-state index contributed by atoms with van der Waals surface area (Å²) in [7, 11) is 0. The Kier molecular flexibility index (Phi) is 5.05. The van der Waals surface area contributed by atoms with E-state index in [1.807, 2.05) is 6.07 Å². The van der Waals surface area contributed by atoms with Crippen LogP contribution in [0, 0.1) is 24.1 Å². The van der Waals surface area contributed by atoms with Crippen LogP contribution in [0.2, 0.25) is 0 Å². The molecule has 0 bridgehead atoms. The lowest BCUT2D eigenvalue weighted by Crippen LogP contribution is -2.29. The van der Waals surface area contributed by atoms with Gasteiger partial charge in [-0.2, -0.15) is 5.26 Å². The molecule has 1 aliphatic rings. The highest BCUT2D eigenvalue weighted by Crippen LogP contribution is 2.41. The summed E-state index contributed by atoms with van der Waals surface area (Å²) >= 11 is 0. The lowest BCUT2D eigenvalue weighted by Gasteiger charge is -2.24. The van der Waals surface area contributed by atoms with Gasteiger partial charge in [-0.15, -0.1) is 0 Å². The molecule has 152 valence electrons. The second-order valence-corrected chi connectivity index (χ2v) is 7.05. The number of ketones is 1. The molecule has 1 amide bonds. The first kappa shape index (κ1) is 20.0. The highest BCUT2D eigenvalue weighted by molar-refractivity contribution is 6.51. The second-order valence-electron chi connectivity index (χ2n) is 7.05. The predicted octanol–water partition coefficient (Wildman–Crippen LogP) is 4.03. The fourth-order valence-electron chi connectivity index (χ4n) is 3.56. The quantitative estimate of drug-likeness (QED) is 0.398. The number of aromatic nitrogens is 1. The first-order valence-corrected chi connectivity index (χ1v) is 9.41. The summed E-state index contributed by atoms with van der Waals surface area (Å²) in [5.74, 6) is -2.57. The fraction of sp³-hybridized carbons (Fsp3) is 0.0833. The molecule has 1 atom stereocenters. The number of aryl methyl sites for hydroxylation is 1. The maximum atomic E-state index is 13.7. The molecule has 2 aromatic carbocycles. The van der Waals surface area contributed by atoms with Crippen molar-refractivity contribution in [3.05, 3.63) is 101 Å². The Labute approximate surface area is 177 Å². The SMILES string of the molecule is Cc1cc(/C(O)=C2/C(=O)C(=O)N(c3ccc(C#N)cc3)C2c2ccccn2)ccc1F. The van der Waals surface area contributed by atoms with E-state index in [1.165, 1.54) is 48.4 Å². The third-order valence-corrected chi connectivity index (χ3v) is 5.12. The van der Waals surface area contributed by atoms with Gasteiger partial charge in [0, 0.05) is 17.4 Å². The standard InChI is InChI=1S/C24H16FN3O3/c1-14-12-16(7-10-18(14)25)22(29)20-21(19-4-2-3-11-27-19)28(24(31)23(20)30)17-8-5-15(13-26)6-9-17/h2-12,21,29H,1H3/b22-20-. The summed E-state index contributed by atoms with van der Waals surface area (Å²) in [6.07, 6.45) is 1.52. The van der Waals surface area contributed by atoms with E-state index in [-0.39, 0.29) is 11.1 Å². The molecular weight excluding hydrogens is 397 g/mol. The lowest BCUT2D eigenvalue weighted by molar-refractivity contribution is -0.132. The molecule has 31 heavy (non-hydrogen) atoms. The van der Waals surface area contributed by atoms with E-state index < -0.39 is 29.3 Å². The minimum Gasteiger partial charge on any atom is -0.507 e. The van der Waals surface area contributed by atoms with Gasteiger partial charge >= 0.3 is 0 Å². The number of hydrogen-bond donors (Lipinski definition) is 1. The van der Waals surface area contributed by atoms with Gasteiger partial charge in [-0.25, -0.2) is 4.39 Å². The smallest absolute Gasteiger partial charge is 0.300 e. The molecule has 3 aromatic rings. The number of aliphatic hydroxyl groups is 1. The molecule has 0 aliphatic carbocycles. The van der Waals surface area contributed by atoms with Crippen LogP contribution < -0.4 is 4.90 Å². The highest BCUT2D eigenvalue weighted by atomic mass is 19.1. The summed E-state index contributed by atoms with van der Waals surface area (Å²) in [5, 5.41) is 20.0. The van der Waals surface area contributed by atoms with Crippen LogP contribution in [-0.2, 0) is 9.59 Å². The van der Waals surface area contributed by atoms with Crippen molar-refractivity contribution in [3.8, 4) is 6.07 Å². The van der Waals surface area contributed by atoms with E-state index in [1.54, 1.807) is 30.3 Å². The number of benzene rings is 2. The van der Waals surface area contributed by atoms with Gasteiger partial charge in [0.15, 0.2) is 0 Å². The Morgan fingerprint density at radius 1 is 1.13 bits per heavy atom. The van der Waals surface area contributed by atoms with E-state index in [0.29, 0.717) is 22.5 Å². The van der Waals surface area contributed by atoms with Gasteiger partial charge in [0.05, 0.1) is 22.9 Å². The molecule has 4 rings (SSSR count). The Hall–Kier alpha value is -4.31. The van der Waals surface area contributed by atoms with Crippen molar-refractivity contribution in [1.29, 1.82) is 5.26 Å². The Bertz CT molecular complexity index is 1260. The van der Waals surface area contributed by atoms with Crippen molar-refractivity contribution in [1.82, 2.24) is 4.98 Å². The minimum atomic E-state index is -0.987. The van der Waals surface area contributed by atoms with Gasteiger partial charge in [-0.3, -0.25) is 19.5 Å². The molecule has 6 nitrogen and oxygen atoms in total. The van der Waals surface area contributed by atoms with Crippen molar-refractivity contribution >= 4 is 23.1 Å². The largest absolute Gasteiger partial charge is 0.507 e. The summed E-state index contributed by atoms with van der Waals surface area (Å²) in [5.41, 5.74) is 1.53. The van der Waals surface area contributed by atoms with Gasteiger partial charge in [0.2, 0.25) is 0 Å². The number of hydrogen-bond acceptors (Lipinski definition) is 5. The molecule has 1 saturated heterocycles. The Morgan fingerprint density at radius 2 is 1.87 bits per heavy atom. The zero-order valence-electron chi connectivity index (χ0n) is 16.4. The normalized spacial score (nSPS) is 17.6. The van der Waals surface area contributed by atoms with Gasteiger partial charge in [0.25, 0.3) is 11.7 Å². The second kappa shape index (κ2) is 7.84. The summed E-state index contributed by atoms with van der Waals surface area (Å²) < 4.78 is 13.7. The first-order chi connectivity index (χ1) is 14.9. The van der Waals surface area contributed by atoms with Crippen LogP contribution in [-0.4, -0.2) is 21.8 Å².